The fourth-order valence-corrected chi connectivity index (χ4v) is 1.81. The van der Waals surface area contributed by atoms with Gasteiger partial charge in [-0.15, -0.1) is 0 Å². The average molecular weight is 238 g/mol. The second kappa shape index (κ2) is 5.01. The molecule has 0 spiro atoms. The number of furan rings is 1. The van der Waals surface area contributed by atoms with E-state index >= 15 is 0 Å². The van der Waals surface area contributed by atoms with E-state index in [9.17, 15) is 9.59 Å². The predicted molar refractivity (Wildman–Crippen MR) is 58.1 cm³/mol. The molecular weight excluding hydrogens is 224 g/mol. The molecule has 1 aliphatic rings. The second-order valence-electron chi connectivity index (χ2n) is 4.02. The van der Waals surface area contributed by atoms with Crippen LogP contribution in [0.2, 0.25) is 0 Å². The Kier molecular flexibility index (Phi) is 3.43. The second-order valence-corrected chi connectivity index (χ2v) is 4.02. The van der Waals surface area contributed by atoms with Crippen LogP contribution in [0.25, 0.3) is 0 Å². The summed E-state index contributed by atoms with van der Waals surface area (Å²) in [5.74, 6) is -0.914. The standard InChI is InChI=1S/C11H14N2O4/c14-10-5-12-4-8(11(15)16)6-13(10)7-9-2-1-3-17-9/h1-3,8,12H,4-7H2,(H,15,16). The molecule has 0 radical (unpaired) electrons. The minimum atomic E-state index is -0.892. The molecule has 1 aromatic heterocycles. The molecule has 6 nitrogen and oxygen atoms in total. The first-order valence-corrected chi connectivity index (χ1v) is 5.40. The van der Waals surface area contributed by atoms with Crippen LogP contribution < -0.4 is 5.32 Å². The van der Waals surface area contributed by atoms with Gasteiger partial charge in [0, 0.05) is 13.1 Å². The lowest BCUT2D eigenvalue weighted by atomic mass is 10.1. The van der Waals surface area contributed by atoms with E-state index in [1.807, 2.05) is 0 Å². The van der Waals surface area contributed by atoms with E-state index in [1.54, 1.807) is 12.1 Å². The van der Waals surface area contributed by atoms with Crippen LogP contribution in [0.5, 0.6) is 0 Å². The van der Waals surface area contributed by atoms with Crippen molar-refractivity contribution < 1.29 is 19.1 Å². The number of amides is 1. The van der Waals surface area contributed by atoms with Crippen molar-refractivity contribution in [1.29, 1.82) is 0 Å². The third-order valence-electron chi connectivity index (χ3n) is 2.74. The summed E-state index contributed by atoms with van der Waals surface area (Å²) in [7, 11) is 0. The molecule has 2 heterocycles. The minimum Gasteiger partial charge on any atom is -0.481 e. The van der Waals surface area contributed by atoms with Gasteiger partial charge in [-0.25, -0.2) is 0 Å². The fourth-order valence-electron chi connectivity index (χ4n) is 1.81. The Bertz CT molecular complexity index is 402. The molecule has 0 aromatic carbocycles. The Morgan fingerprint density at radius 3 is 3.12 bits per heavy atom. The Morgan fingerprint density at radius 1 is 1.65 bits per heavy atom. The van der Waals surface area contributed by atoms with Crippen LogP contribution >= 0.6 is 0 Å². The fraction of sp³-hybridized carbons (Fsp3) is 0.455. The number of nitrogens with zero attached hydrogens (tertiary/aromatic N) is 1. The zero-order valence-electron chi connectivity index (χ0n) is 9.26. The molecule has 1 saturated heterocycles. The SMILES string of the molecule is O=C(O)C1CNCC(=O)N(Cc2ccco2)C1. The van der Waals surface area contributed by atoms with Gasteiger partial charge in [0.1, 0.15) is 5.76 Å². The van der Waals surface area contributed by atoms with Gasteiger partial charge in [-0.05, 0) is 12.1 Å². The van der Waals surface area contributed by atoms with Gasteiger partial charge in [0.15, 0.2) is 0 Å². The molecule has 0 saturated carbocycles. The first-order valence-electron chi connectivity index (χ1n) is 5.40. The molecule has 2 rings (SSSR count). The van der Waals surface area contributed by atoms with Crippen LogP contribution in [0.1, 0.15) is 5.76 Å². The molecule has 1 amide bonds. The molecule has 92 valence electrons. The van der Waals surface area contributed by atoms with Gasteiger partial charge in [-0.3, -0.25) is 9.59 Å². The van der Waals surface area contributed by atoms with E-state index in [0.29, 0.717) is 18.8 Å². The first-order chi connectivity index (χ1) is 8.16. The van der Waals surface area contributed by atoms with Crippen molar-refractivity contribution in [3.8, 4) is 0 Å². The van der Waals surface area contributed by atoms with Gasteiger partial charge in [0.2, 0.25) is 5.91 Å². The predicted octanol–water partition coefficient (Wildman–Crippen LogP) is -0.0878. The van der Waals surface area contributed by atoms with Crippen molar-refractivity contribution in [2.24, 2.45) is 5.92 Å². The Morgan fingerprint density at radius 2 is 2.47 bits per heavy atom. The highest BCUT2D eigenvalue weighted by Gasteiger charge is 2.27. The number of aliphatic carboxylic acids is 1. The lowest BCUT2D eigenvalue weighted by molar-refractivity contribution is -0.142. The topological polar surface area (TPSA) is 82.8 Å². The third-order valence-corrected chi connectivity index (χ3v) is 2.74. The highest BCUT2D eigenvalue weighted by molar-refractivity contribution is 5.80. The van der Waals surface area contributed by atoms with Gasteiger partial charge in [-0.1, -0.05) is 0 Å². The van der Waals surface area contributed by atoms with E-state index in [2.05, 4.69) is 5.32 Å². The summed E-state index contributed by atoms with van der Waals surface area (Å²) in [6.07, 6.45) is 1.53. The van der Waals surface area contributed by atoms with Crippen LogP contribution in [-0.4, -0.2) is 41.5 Å². The molecule has 6 heteroatoms. The Balaban J connectivity index is 2.06. The summed E-state index contributed by atoms with van der Waals surface area (Å²) in [6.45, 7) is 1.01. The first kappa shape index (κ1) is 11.7. The molecule has 17 heavy (non-hydrogen) atoms. The molecule has 1 unspecified atom stereocenters. The molecular formula is C11H14N2O4. The minimum absolute atomic E-state index is 0.106. The molecule has 1 aromatic rings. The summed E-state index contributed by atoms with van der Waals surface area (Å²) in [6, 6.07) is 3.51. The average Bonchev–Trinajstić information content (AvgIpc) is 2.71. The molecule has 0 bridgehead atoms. The molecule has 2 N–H and O–H groups in total. The Hall–Kier alpha value is -1.82. The van der Waals surface area contributed by atoms with Crippen molar-refractivity contribution in [2.75, 3.05) is 19.6 Å². The van der Waals surface area contributed by atoms with E-state index in [4.69, 9.17) is 9.52 Å². The maximum Gasteiger partial charge on any atom is 0.309 e. The number of hydrogen-bond donors (Lipinski definition) is 2. The van der Waals surface area contributed by atoms with Crippen molar-refractivity contribution in [1.82, 2.24) is 10.2 Å². The number of carboxylic acids is 1. The molecule has 0 aliphatic carbocycles. The molecule has 1 aliphatic heterocycles. The number of carbonyl (C=O) groups excluding carboxylic acids is 1. The van der Waals surface area contributed by atoms with Crippen LogP contribution in [0.4, 0.5) is 0 Å². The lowest BCUT2D eigenvalue weighted by Crippen LogP contribution is -2.36. The number of carbonyl (C=O) groups is 2. The number of rotatable bonds is 3. The maximum absolute atomic E-state index is 11.7. The van der Waals surface area contributed by atoms with Crippen LogP contribution in [0, 0.1) is 5.92 Å². The Labute approximate surface area is 98.2 Å². The quantitative estimate of drug-likeness (QED) is 0.769. The van der Waals surface area contributed by atoms with E-state index in [-0.39, 0.29) is 19.0 Å². The van der Waals surface area contributed by atoms with Crippen molar-refractivity contribution in [3.63, 3.8) is 0 Å². The smallest absolute Gasteiger partial charge is 0.309 e. The number of carboxylic acid groups (broad SMARTS) is 1. The van der Waals surface area contributed by atoms with Crippen LogP contribution in [-0.2, 0) is 16.1 Å². The van der Waals surface area contributed by atoms with Gasteiger partial charge >= 0.3 is 5.97 Å². The zero-order chi connectivity index (χ0) is 12.3. The van der Waals surface area contributed by atoms with E-state index in [0.717, 1.165) is 0 Å². The highest BCUT2D eigenvalue weighted by atomic mass is 16.4. The highest BCUT2D eigenvalue weighted by Crippen LogP contribution is 2.10. The molecule has 1 fully saturated rings. The van der Waals surface area contributed by atoms with Gasteiger partial charge in [0.05, 0.1) is 25.3 Å². The summed E-state index contributed by atoms with van der Waals surface area (Å²) in [4.78, 5) is 24.2. The van der Waals surface area contributed by atoms with Crippen LogP contribution in [0.15, 0.2) is 22.8 Å². The summed E-state index contributed by atoms with van der Waals surface area (Å²) in [5.41, 5.74) is 0. The summed E-state index contributed by atoms with van der Waals surface area (Å²) >= 11 is 0. The number of nitrogens with one attached hydrogen (secondary N) is 1. The van der Waals surface area contributed by atoms with Gasteiger partial charge in [-0.2, -0.15) is 0 Å². The van der Waals surface area contributed by atoms with Crippen molar-refractivity contribution in [2.45, 2.75) is 6.54 Å². The largest absolute Gasteiger partial charge is 0.481 e. The molecule has 1 atom stereocenters. The van der Waals surface area contributed by atoms with Crippen molar-refractivity contribution >= 4 is 11.9 Å². The van der Waals surface area contributed by atoms with Gasteiger partial charge in [0.25, 0.3) is 0 Å². The zero-order valence-corrected chi connectivity index (χ0v) is 9.26. The monoisotopic (exact) mass is 238 g/mol. The summed E-state index contributed by atoms with van der Waals surface area (Å²) in [5, 5.41) is 11.8. The van der Waals surface area contributed by atoms with E-state index in [1.165, 1.54) is 11.2 Å². The maximum atomic E-state index is 11.7. The number of hydrogen-bond acceptors (Lipinski definition) is 4. The van der Waals surface area contributed by atoms with Crippen LogP contribution in [0.3, 0.4) is 0 Å². The lowest BCUT2D eigenvalue weighted by Gasteiger charge is -2.21. The van der Waals surface area contributed by atoms with Crippen molar-refractivity contribution in [3.05, 3.63) is 24.2 Å². The normalized spacial score (nSPS) is 21.3. The van der Waals surface area contributed by atoms with E-state index < -0.39 is 11.9 Å². The third kappa shape index (κ3) is 2.85. The van der Waals surface area contributed by atoms with Gasteiger partial charge < -0.3 is 19.7 Å². The summed E-state index contributed by atoms with van der Waals surface area (Å²) < 4.78 is 5.16.